The van der Waals surface area contributed by atoms with Crippen LogP contribution in [0, 0.1) is 10.1 Å². The molecule has 0 aliphatic rings. The van der Waals surface area contributed by atoms with Gasteiger partial charge < -0.3 is 0 Å². The van der Waals surface area contributed by atoms with Gasteiger partial charge in [0, 0.05) is 24.1 Å². The van der Waals surface area contributed by atoms with Crippen molar-refractivity contribution in [2.75, 3.05) is 0 Å². The third-order valence-corrected chi connectivity index (χ3v) is 1.70. The highest BCUT2D eigenvalue weighted by atomic mass is 16.6. The van der Waals surface area contributed by atoms with E-state index >= 15 is 0 Å². The molecule has 0 bridgehead atoms. The van der Waals surface area contributed by atoms with Crippen LogP contribution in [0.5, 0.6) is 0 Å². The number of rotatable bonds is 3. The summed E-state index contributed by atoms with van der Waals surface area (Å²) in [5, 5.41) is 10.4. The maximum absolute atomic E-state index is 11.2. The van der Waals surface area contributed by atoms with Crippen LogP contribution in [0.15, 0.2) is 24.3 Å². The average molecular weight is 209 g/mol. The summed E-state index contributed by atoms with van der Waals surface area (Å²) >= 11 is 0. The van der Waals surface area contributed by atoms with Crippen molar-refractivity contribution in [3.05, 3.63) is 39.9 Å². The van der Waals surface area contributed by atoms with Crippen molar-refractivity contribution >= 4 is 11.5 Å². The summed E-state index contributed by atoms with van der Waals surface area (Å²) in [4.78, 5) is 21.0. The van der Waals surface area contributed by atoms with E-state index < -0.39 is 4.92 Å². The van der Waals surface area contributed by atoms with E-state index in [-0.39, 0.29) is 11.5 Å². The Morgan fingerprint density at radius 2 is 2.00 bits per heavy atom. The second-order valence-electron chi connectivity index (χ2n) is 2.58. The van der Waals surface area contributed by atoms with Crippen LogP contribution in [0.2, 0.25) is 0 Å². The SMILES string of the molecule is CC.CCC(=O)c1cccc([N+](=O)[O-])c1. The van der Waals surface area contributed by atoms with Crippen molar-refractivity contribution in [1.29, 1.82) is 0 Å². The Bertz CT molecular complexity index is 347. The van der Waals surface area contributed by atoms with E-state index in [9.17, 15) is 14.9 Å². The molecule has 0 atom stereocenters. The second-order valence-corrected chi connectivity index (χ2v) is 2.58. The molecule has 1 aromatic rings. The average Bonchev–Trinajstić information content (AvgIpc) is 2.30. The Morgan fingerprint density at radius 1 is 1.40 bits per heavy atom. The molecule has 0 N–H and O–H groups in total. The third-order valence-electron chi connectivity index (χ3n) is 1.70. The minimum atomic E-state index is -0.508. The second kappa shape index (κ2) is 6.70. The Kier molecular flexibility index (Phi) is 5.94. The monoisotopic (exact) mass is 209 g/mol. The van der Waals surface area contributed by atoms with Crippen LogP contribution in [0.3, 0.4) is 0 Å². The first-order valence-electron chi connectivity index (χ1n) is 4.92. The molecule has 0 spiro atoms. The van der Waals surface area contributed by atoms with Crippen molar-refractivity contribution in [2.45, 2.75) is 27.2 Å². The van der Waals surface area contributed by atoms with Crippen molar-refractivity contribution in [3.63, 3.8) is 0 Å². The van der Waals surface area contributed by atoms with Gasteiger partial charge in [0.1, 0.15) is 0 Å². The van der Waals surface area contributed by atoms with Gasteiger partial charge in [0.25, 0.3) is 5.69 Å². The Hall–Kier alpha value is -1.71. The van der Waals surface area contributed by atoms with Crippen molar-refractivity contribution < 1.29 is 9.72 Å². The minimum absolute atomic E-state index is 0.0423. The summed E-state index contributed by atoms with van der Waals surface area (Å²) in [6.07, 6.45) is 0.362. The van der Waals surface area contributed by atoms with Gasteiger partial charge in [-0.2, -0.15) is 0 Å². The number of nitrogens with zero attached hydrogens (tertiary/aromatic N) is 1. The zero-order chi connectivity index (χ0) is 11.8. The van der Waals surface area contributed by atoms with E-state index in [1.807, 2.05) is 13.8 Å². The minimum Gasteiger partial charge on any atom is -0.294 e. The summed E-state index contributed by atoms with van der Waals surface area (Å²) in [6.45, 7) is 5.72. The lowest BCUT2D eigenvalue weighted by Crippen LogP contribution is -1.97. The summed E-state index contributed by atoms with van der Waals surface area (Å²) in [6, 6.07) is 5.76. The largest absolute Gasteiger partial charge is 0.294 e. The lowest BCUT2D eigenvalue weighted by atomic mass is 10.1. The summed E-state index contributed by atoms with van der Waals surface area (Å²) < 4.78 is 0. The lowest BCUT2D eigenvalue weighted by Gasteiger charge is -1.96. The van der Waals surface area contributed by atoms with Gasteiger partial charge in [-0.1, -0.05) is 32.9 Å². The molecule has 0 saturated carbocycles. The number of ketones is 1. The molecule has 0 saturated heterocycles. The van der Waals surface area contributed by atoms with Gasteiger partial charge >= 0.3 is 0 Å². The number of carbonyl (C=O) groups is 1. The molecule has 15 heavy (non-hydrogen) atoms. The first-order chi connectivity index (χ1) is 7.15. The number of non-ortho nitro benzene ring substituents is 1. The number of nitro benzene ring substituents is 1. The molecule has 0 aliphatic heterocycles. The smallest absolute Gasteiger partial charge is 0.270 e. The maximum atomic E-state index is 11.2. The molecule has 0 aliphatic carbocycles. The van der Waals surface area contributed by atoms with Crippen LogP contribution >= 0.6 is 0 Å². The zero-order valence-electron chi connectivity index (χ0n) is 9.19. The molecule has 0 aromatic heterocycles. The summed E-state index contributed by atoms with van der Waals surface area (Å²) in [7, 11) is 0. The molecule has 0 heterocycles. The predicted octanol–water partition coefficient (Wildman–Crippen LogP) is 3.21. The molecule has 82 valence electrons. The highest BCUT2D eigenvalue weighted by molar-refractivity contribution is 5.96. The van der Waals surface area contributed by atoms with Crippen LogP contribution in [0.1, 0.15) is 37.6 Å². The van der Waals surface area contributed by atoms with Gasteiger partial charge in [-0.25, -0.2) is 0 Å². The molecule has 1 rings (SSSR count). The van der Waals surface area contributed by atoms with Gasteiger partial charge in [0.15, 0.2) is 5.78 Å². The number of hydrogen-bond acceptors (Lipinski definition) is 3. The van der Waals surface area contributed by atoms with Gasteiger partial charge in [0.2, 0.25) is 0 Å². The zero-order valence-corrected chi connectivity index (χ0v) is 9.19. The van der Waals surface area contributed by atoms with E-state index in [4.69, 9.17) is 0 Å². The van der Waals surface area contributed by atoms with Gasteiger partial charge in [-0.15, -0.1) is 0 Å². The van der Waals surface area contributed by atoms with Crippen LogP contribution in [0.25, 0.3) is 0 Å². The number of carbonyl (C=O) groups excluding carboxylic acids is 1. The standard InChI is InChI=1S/C9H9NO3.C2H6/c1-2-9(11)7-4-3-5-8(6-7)10(12)13;1-2/h3-6H,2H2,1H3;1-2H3. The molecule has 0 amide bonds. The number of benzene rings is 1. The van der Waals surface area contributed by atoms with E-state index in [1.165, 1.54) is 18.2 Å². The molecule has 4 heteroatoms. The molecular weight excluding hydrogens is 194 g/mol. The fourth-order valence-electron chi connectivity index (χ4n) is 0.997. The van der Waals surface area contributed by atoms with Crippen molar-refractivity contribution in [1.82, 2.24) is 0 Å². The molecular formula is C11H15NO3. The Balaban J connectivity index is 0.000000921. The van der Waals surface area contributed by atoms with Gasteiger partial charge in [-0.05, 0) is 0 Å². The highest BCUT2D eigenvalue weighted by Gasteiger charge is 2.09. The van der Waals surface area contributed by atoms with Gasteiger partial charge in [0.05, 0.1) is 4.92 Å². The third kappa shape index (κ3) is 3.89. The first kappa shape index (κ1) is 13.3. The van der Waals surface area contributed by atoms with Crippen LogP contribution < -0.4 is 0 Å². The van der Waals surface area contributed by atoms with Gasteiger partial charge in [-0.3, -0.25) is 14.9 Å². The maximum Gasteiger partial charge on any atom is 0.270 e. The number of Topliss-reactive ketones (excluding diaryl/α,β-unsaturated/α-hetero) is 1. The van der Waals surface area contributed by atoms with E-state index in [2.05, 4.69) is 0 Å². The van der Waals surface area contributed by atoms with E-state index in [0.29, 0.717) is 12.0 Å². The van der Waals surface area contributed by atoms with Crippen LogP contribution in [-0.4, -0.2) is 10.7 Å². The topological polar surface area (TPSA) is 60.2 Å². The first-order valence-corrected chi connectivity index (χ1v) is 4.92. The van der Waals surface area contributed by atoms with Crippen LogP contribution in [-0.2, 0) is 0 Å². The molecule has 1 aromatic carbocycles. The fourth-order valence-corrected chi connectivity index (χ4v) is 0.997. The molecule has 0 radical (unpaired) electrons. The van der Waals surface area contributed by atoms with E-state index in [1.54, 1.807) is 13.0 Å². The van der Waals surface area contributed by atoms with Crippen LogP contribution in [0.4, 0.5) is 5.69 Å². The highest BCUT2D eigenvalue weighted by Crippen LogP contribution is 2.14. The summed E-state index contributed by atoms with van der Waals surface area (Å²) in [5.74, 6) is -0.0799. The molecule has 0 unspecified atom stereocenters. The lowest BCUT2D eigenvalue weighted by molar-refractivity contribution is -0.384. The molecule has 4 nitrogen and oxygen atoms in total. The Morgan fingerprint density at radius 3 is 2.47 bits per heavy atom. The Labute approximate surface area is 89.1 Å². The fraction of sp³-hybridized carbons (Fsp3) is 0.364. The van der Waals surface area contributed by atoms with Crippen molar-refractivity contribution in [2.24, 2.45) is 0 Å². The quantitative estimate of drug-likeness (QED) is 0.436. The number of nitro groups is 1. The summed E-state index contributed by atoms with van der Waals surface area (Å²) in [5.41, 5.74) is 0.357. The van der Waals surface area contributed by atoms with Crippen molar-refractivity contribution in [3.8, 4) is 0 Å². The number of hydrogen-bond donors (Lipinski definition) is 0. The van der Waals surface area contributed by atoms with E-state index in [0.717, 1.165) is 0 Å². The molecule has 0 fully saturated rings. The normalized spacial score (nSPS) is 8.73. The predicted molar refractivity (Wildman–Crippen MR) is 59.1 cm³/mol.